The minimum absolute atomic E-state index is 0.171. The lowest BCUT2D eigenvalue weighted by atomic mass is 10.2. The quantitative estimate of drug-likeness (QED) is 0.322. The molecule has 0 aliphatic heterocycles. The van der Waals surface area contributed by atoms with Crippen LogP contribution in [-0.2, 0) is 4.79 Å². The van der Waals surface area contributed by atoms with Crippen molar-refractivity contribution in [2.45, 2.75) is 13.8 Å². The Balaban J connectivity index is 4.62. The molecule has 0 aromatic rings. The molecule has 0 saturated heterocycles. The molecule has 9 heavy (non-hydrogen) atoms. The van der Waals surface area contributed by atoms with Crippen LogP contribution in [0.1, 0.15) is 13.8 Å². The highest BCUT2D eigenvalue weighted by molar-refractivity contribution is 5.97. The third-order valence-electron chi connectivity index (χ3n) is 0.826. The first-order valence-corrected chi connectivity index (χ1v) is 2.40. The van der Waals surface area contributed by atoms with Gasteiger partial charge >= 0.3 is 0 Å². The average Bonchev–Trinajstić information content (AvgIpc) is 1.64. The second-order valence-electron chi connectivity index (χ2n) is 1.63. The van der Waals surface area contributed by atoms with Crippen LogP contribution in [0.3, 0.4) is 0 Å². The maximum atomic E-state index is 10.4. The molecule has 0 aromatic heterocycles. The molecule has 48 valence electrons. The monoisotopic (exact) mass is 125 g/mol. The van der Waals surface area contributed by atoms with E-state index in [-0.39, 0.29) is 11.3 Å². The van der Waals surface area contributed by atoms with Gasteiger partial charge in [0.15, 0.2) is 5.78 Å². The Morgan fingerprint density at radius 1 is 1.56 bits per heavy atom. The van der Waals surface area contributed by atoms with E-state index in [4.69, 9.17) is 10.4 Å². The van der Waals surface area contributed by atoms with Crippen molar-refractivity contribution in [1.82, 2.24) is 0 Å². The summed E-state index contributed by atoms with van der Waals surface area (Å²) >= 11 is 0. The number of ketones is 1. The van der Waals surface area contributed by atoms with Crippen molar-refractivity contribution < 1.29 is 9.90 Å². The SMILES string of the molecule is CC(=O)/C(C#N)=C(\C)O. The Labute approximate surface area is 53.2 Å². The van der Waals surface area contributed by atoms with Crippen LogP contribution in [0.25, 0.3) is 0 Å². The first kappa shape index (κ1) is 7.70. The summed E-state index contributed by atoms with van der Waals surface area (Å²) in [5.74, 6) is -0.623. The molecule has 1 N–H and O–H groups in total. The number of aliphatic hydroxyl groups excluding tert-OH is 1. The minimum atomic E-state index is -0.405. The lowest BCUT2D eigenvalue weighted by Gasteiger charge is -1.89. The first-order chi connectivity index (χ1) is 4.09. The lowest BCUT2D eigenvalue weighted by molar-refractivity contribution is -0.113. The molecule has 0 bridgehead atoms. The molecule has 0 aromatic carbocycles. The van der Waals surface area contributed by atoms with Gasteiger partial charge in [-0.05, 0) is 13.8 Å². The molecule has 0 heterocycles. The molecule has 0 saturated carbocycles. The summed E-state index contributed by atoms with van der Waals surface area (Å²) in [5.41, 5.74) is -0.171. The number of Topliss-reactive ketones (excluding diaryl/α,β-unsaturated/α-hetero) is 1. The summed E-state index contributed by atoms with van der Waals surface area (Å²) in [6, 6.07) is 1.58. The fourth-order valence-corrected chi connectivity index (χ4v) is 0.414. The van der Waals surface area contributed by atoms with Crippen LogP contribution in [0.4, 0.5) is 0 Å². The number of allylic oxidation sites excluding steroid dienone is 2. The topological polar surface area (TPSA) is 61.1 Å². The molecular weight excluding hydrogens is 118 g/mol. The highest BCUT2D eigenvalue weighted by Gasteiger charge is 2.04. The van der Waals surface area contributed by atoms with Crippen molar-refractivity contribution in [3.63, 3.8) is 0 Å². The van der Waals surface area contributed by atoms with Gasteiger partial charge in [0.25, 0.3) is 0 Å². The fraction of sp³-hybridized carbons (Fsp3) is 0.333. The Hall–Kier alpha value is -1.30. The van der Waals surface area contributed by atoms with E-state index >= 15 is 0 Å². The van der Waals surface area contributed by atoms with Gasteiger partial charge in [-0.1, -0.05) is 0 Å². The van der Waals surface area contributed by atoms with Gasteiger partial charge in [-0.2, -0.15) is 5.26 Å². The van der Waals surface area contributed by atoms with E-state index in [1.165, 1.54) is 13.8 Å². The van der Waals surface area contributed by atoms with Gasteiger partial charge in [-0.15, -0.1) is 0 Å². The molecule has 0 amide bonds. The van der Waals surface area contributed by atoms with Crippen LogP contribution in [0.15, 0.2) is 11.3 Å². The summed E-state index contributed by atoms with van der Waals surface area (Å²) < 4.78 is 0. The smallest absolute Gasteiger partial charge is 0.173 e. The summed E-state index contributed by atoms with van der Waals surface area (Å²) in [4.78, 5) is 10.4. The van der Waals surface area contributed by atoms with Gasteiger partial charge < -0.3 is 5.11 Å². The molecule has 3 nitrogen and oxygen atoms in total. The highest BCUT2D eigenvalue weighted by atomic mass is 16.3. The van der Waals surface area contributed by atoms with Crippen LogP contribution in [-0.4, -0.2) is 10.9 Å². The van der Waals surface area contributed by atoms with Crippen molar-refractivity contribution in [1.29, 1.82) is 5.26 Å². The molecule has 0 unspecified atom stereocenters. The molecule has 0 radical (unpaired) electrons. The van der Waals surface area contributed by atoms with Crippen molar-refractivity contribution in [3.8, 4) is 6.07 Å². The Bertz CT molecular complexity index is 194. The number of nitriles is 1. The number of aliphatic hydroxyl groups is 1. The number of nitrogens with zero attached hydrogens (tertiary/aromatic N) is 1. The Morgan fingerprint density at radius 3 is 2.00 bits per heavy atom. The van der Waals surface area contributed by atoms with Gasteiger partial charge in [-0.3, -0.25) is 4.79 Å². The van der Waals surface area contributed by atoms with E-state index in [1.54, 1.807) is 6.07 Å². The Kier molecular flexibility index (Phi) is 2.46. The van der Waals surface area contributed by atoms with Gasteiger partial charge in [0.1, 0.15) is 17.4 Å². The zero-order chi connectivity index (χ0) is 7.44. The normalized spacial score (nSPS) is 11.7. The fourth-order valence-electron chi connectivity index (χ4n) is 0.414. The number of hydrogen-bond donors (Lipinski definition) is 1. The van der Waals surface area contributed by atoms with Gasteiger partial charge in [0.2, 0.25) is 0 Å². The highest BCUT2D eigenvalue weighted by Crippen LogP contribution is 1.98. The summed E-state index contributed by atoms with van der Waals surface area (Å²) in [6.07, 6.45) is 0. The zero-order valence-electron chi connectivity index (χ0n) is 5.30. The van der Waals surface area contributed by atoms with Crippen molar-refractivity contribution in [2.75, 3.05) is 0 Å². The molecule has 0 rings (SSSR count). The zero-order valence-corrected chi connectivity index (χ0v) is 5.30. The molecule has 3 heteroatoms. The lowest BCUT2D eigenvalue weighted by Crippen LogP contribution is -1.96. The van der Waals surface area contributed by atoms with E-state index in [0.29, 0.717) is 0 Å². The molecule has 0 atom stereocenters. The van der Waals surface area contributed by atoms with Crippen LogP contribution < -0.4 is 0 Å². The molecular formula is C6H7NO2. The standard InChI is InChI=1S/C6H7NO2/c1-4(8)6(3-7)5(2)9/h8H,1-2H3/b6-4+. The number of rotatable bonds is 1. The van der Waals surface area contributed by atoms with Gasteiger partial charge in [0.05, 0.1) is 0 Å². The second-order valence-corrected chi connectivity index (χ2v) is 1.63. The third kappa shape index (κ3) is 1.96. The van der Waals surface area contributed by atoms with E-state index < -0.39 is 5.78 Å². The summed E-state index contributed by atoms with van der Waals surface area (Å²) in [5, 5.41) is 16.8. The van der Waals surface area contributed by atoms with E-state index in [9.17, 15) is 4.79 Å². The first-order valence-electron chi connectivity index (χ1n) is 2.40. The Morgan fingerprint density at radius 2 is 2.00 bits per heavy atom. The third-order valence-corrected chi connectivity index (χ3v) is 0.826. The van der Waals surface area contributed by atoms with Crippen molar-refractivity contribution >= 4 is 5.78 Å². The molecule has 0 fully saturated rings. The van der Waals surface area contributed by atoms with Gasteiger partial charge in [0, 0.05) is 0 Å². The van der Waals surface area contributed by atoms with Crippen LogP contribution in [0.5, 0.6) is 0 Å². The molecule has 0 spiro atoms. The van der Waals surface area contributed by atoms with Crippen LogP contribution in [0, 0.1) is 11.3 Å². The summed E-state index contributed by atoms with van der Waals surface area (Å²) in [7, 11) is 0. The number of carbonyl (C=O) groups excluding carboxylic acids is 1. The van der Waals surface area contributed by atoms with E-state index in [0.717, 1.165) is 0 Å². The minimum Gasteiger partial charge on any atom is -0.511 e. The predicted octanol–water partition coefficient (Wildman–Crippen LogP) is 0.931. The number of hydrogen-bond acceptors (Lipinski definition) is 3. The second kappa shape index (κ2) is 2.88. The van der Waals surface area contributed by atoms with Crippen LogP contribution in [0.2, 0.25) is 0 Å². The van der Waals surface area contributed by atoms with Crippen LogP contribution >= 0.6 is 0 Å². The van der Waals surface area contributed by atoms with E-state index in [2.05, 4.69) is 0 Å². The predicted molar refractivity (Wildman–Crippen MR) is 31.6 cm³/mol. The summed E-state index contributed by atoms with van der Waals surface area (Å²) in [6.45, 7) is 2.54. The maximum Gasteiger partial charge on any atom is 0.173 e. The van der Waals surface area contributed by atoms with E-state index in [1.807, 2.05) is 0 Å². The molecule has 0 aliphatic carbocycles. The molecule has 0 aliphatic rings. The van der Waals surface area contributed by atoms with Crippen molar-refractivity contribution in [2.24, 2.45) is 0 Å². The van der Waals surface area contributed by atoms with Crippen molar-refractivity contribution in [3.05, 3.63) is 11.3 Å². The maximum absolute atomic E-state index is 10.4. The number of carbonyl (C=O) groups is 1. The average molecular weight is 125 g/mol. The van der Waals surface area contributed by atoms with Gasteiger partial charge in [-0.25, -0.2) is 0 Å². The largest absolute Gasteiger partial charge is 0.511 e.